The van der Waals surface area contributed by atoms with E-state index in [1.54, 1.807) is 0 Å². The molecule has 0 aliphatic rings. The average Bonchev–Trinajstić information content (AvgIpc) is 2.05. The van der Waals surface area contributed by atoms with Gasteiger partial charge in [0.2, 0.25) is 0 Å². The van der Waals surface area contributed by atoms with Gasteiger partial charge in [0.05, 0.1) is 0 Å². The van der Waals surface area contributed by atoms with Crippen molar-refractivity contribution in [2.75, 3.05) is 7.11 Å². The molecule has 0 saturated carbocycles. The van der Waals surface area contributed by atoms with E-state index in [9.17, 15) is 0 Å². The van der Waals surface area contributed by atoms with Gasteiger partial charge in [0.25, 0.3) is 0 Å². The Morgan fingerprint density at radius 3 is 1.77 bits per heavy atom. The molecule has 1 nitrogen and oxygen atoms in total. The molecule has 0 radical (unpaired) electrons. The molecule has 0 aliphatic carbocycles. The molecule has 13 heavy (non-hydrogen) atoms. The van der Waals surface area contributed by atoms with E-state index in [2.05, 4.69) is 34.6 Å². The minimum absolute atomic E-state index is 0.740. The third kappa shape index (κ3) is 3.10. The smallest absolute Gasteiger partial charge is 0.197 e. The first-order valence-electron chi connectivity index (χ1n) is 5.56. The summed E-state index contributed by atoms with van der Waals surface area (Å²) >= 11 is 0. The van der Waals surface area contributed by atoms with Crippen LogP contribution in [-0.4, -0.2) is 15.4 Å². The number of rotatable bonds is 6. The van der Waals surface area contributed by atoms with Crippen LogP contribution in [0.4, 0.5) is 0 Å². The summed E-state index contributed by atoms with van der Waals surface area (Å²) in [6.07, 6.45) is 2.62. The van der Waals surface area contributed by atoms with Crippen LogP contribution in [0.1, 0.15) is 47.5 Å². The Bertz CT molecular complexity index is 124. The molecule has 0 amide bonds. The zero-order valence-electron chi connectivity index (χ0n) is 10.2. The van der Waals surface area contributed by atoms with Crippen molar-refractivity contribution in [3.8, 4) is 0 Å². The monoisotopic (exact) mass is 202 g/mol. The lowest BCUT2D eigenvalue weighted by atomic mass is 10.4. The molecule has 0 fully saturated rings. The van der Waals surface area contributed by atoms with Crippen LogP contribution in [0.3, 0.4) is 0 Å². The van der Waals surface area contributed by atoms with Crippen molar-refractivity contribution >= 4 is 8.32 Å². The zero-order chi connectivity index (χ0) is 10.5. The van der Waals surface area contributed by atoms with Gasteiger partial charge in [0.1, 0.15) is 0 Å². The van der Waals surface area contributed by atoms with Crippen LogP contribution >= 0.6 is 0 Å². The topological polar surface area (TPSA) is 9.23 Å². The lowest BCUT2D eigenvalue weighted by Gasteiger charge is -2.37. The largest absolute Gasteiger partial charge is 0.419 e. The molecule has 0 atom stereocenters. The Morgan fingerprint density at radius 2 is 1.54 bits per heavy atom. The molecule has 0 unspecified atom stereocenters. The van der Waals surface area contributed by atoms with E-state index in [4.69, 9.17) is 4.43 Å². The van der Waals surface area contributed by atoms with Gasteiger partial charge in [-0.1, -0.05) is 47.5 Å². The third-order valence-corrected chi connectivity index (χ3v) is 9.06. The van der Waals surface area contributed by atoms with Gasteiger partial charge in [-0.15, -0.1) is 0 Å². The molecule has 0 aromatic carbocycles. The molecule has 0 aliphatic heterocycles. The molecule has 2 heteroatoms. The van der Waals surface area contributed by atoms with E-state index in [1.165, 1.54) is 18.9 Å². The summed E-state index contributed by atoms with van der Waals surface area (Å²) in [6, 6.07) is 1.33. The van der Waals surface area contributed by atoms with Crippen LogP contribution in [0.2, 0.25) is 17.1 Å². The zero-order valence-corrected chi connectivity index (χ0v) is 11.2. The summed E-state index contributed by atoms with van der Waals surface area (Å²) in [7, 11) is 0.473. The van der Waals surface area contributed by atoms with Crippen LogP contribution in [0.5, 0.6) is 0 Å². The van der Waals surface area contributed by atoms with Crippen LogP contribution in [0, 0.1) is 0 Å². The standard InChI is InChI=1S/C11H26OSi/c1-7-8-9-13(12-6,10(2)3)11(4)5/h10-11H,7-9H2,1-6H3. The van der Waals surface area contributed by atoms with Gasteiger partial charge in [-0.2, -0.15) is 0 Å². The summed E-state index contributed by atoms with van der Waals surface area (Å²) in [6.45, 7) is 11.6. The average molecular weight is 202 g/mol. The first-order valence-corrected chi connectivity index (χ1v) is 7.83. The number of unbranched alkanes of at least 4 members (excludes halogenated alkanes) is 1. The van der Waals surface area contributed by atoms with E-state index in [1.807, 2.05) is 7.11 Å². The maximum absolute atomic E-state index is 5.90. The molecule has 0 rings (SSSR count). The summed E-state index contributed by atoms with van der Waals surface area (Å²) in [4.78, 5) is 0. The second-order valence-corrected chi connectivity index (χ2v) is 9.70. The summed E-state index contributed by atoms with van der Waals surface area (Å²) in [5.41, 5.74) is 1.48. The fraction of sp³-hybridized carbons (Fsp3) is 1.00. The first kappa shape index (κ1) is 13.2. The molecule has 0 spiro atoms. The second-order valence-electron chi connectivity index (χ2n) is 4.57. The van der Waals surface area contributed by atoms with Crippen molar-refractivity contribution in [1.29, 1.82) is 0 Å². The quantitative estimate of drug-likeness (QED) is 0.587. The molecule has 0 bridgehead atoms. The Kier molecular flexibility index (Phi) is 5.89. The number of hydrogen-bond acceptors (Lipinski definition) is 1. The summed E-state index contributed by atoms with van der Waals surface area (Å²) in [5, 5.41) is 0. The molecule has 0 aromatic rings. The summed E-state index contributed by atoms with van der Waals surface area (Å²) < 4.78 is 5.90. The molecular formula is C11H26OSi. The molecule has 0 aromatic heterocycles. The molecule has 80 valence electrons. The Labute approximate surface area is 85.0 Å². The predicted octanol–water partition coefficient (Wildman–Crippen LogP) is 4.20. The minimum Gasteiger partial charge on any atom is -0.419 e. The first-order chi connectivity index (χ1) is 6.01. The van der Waals surface area contributed by atoms with Crippen molar-refractivity contribution in [2.45, 2.75) is 64.6 Å². The van der Waals surface area contributed by atoms with Gasteiger partial charge in [0.15, 0.2) is 8.32 Å². The maximum atomic E-state index is 5.90. The third-order valence-electron chi connectivity index (χ3n) is 3.26. The van der Waals surface area contributed by atoms with Crippen molar-refractivity contribution in [3.63, 3.8) is 0 Å². The van der Waals surface area contributed by atoms with Gasteiger partial charge in [-0.25, -0.2) is 0 Å². The predicted molar refractivity (Wildman–Crippen MR) is 62.7 cm³/mol. The van der Waals surface area contributed by atoms with Crippen molar-refractivity contribution < 1.29 is 4.43 Å². The SMILES string of the molecule is CCCC[Si](OC)(C(C)C)C(C)C. The van der Waals surface area contributed by atoms with Gasteiger partial charge in [0, 0.05) is 7.11 Å². The van der Waals surface area contributed by atoms with Crippen molar-refractivity contribution in [2.24, 2.45) is 0 Å². The Balaban J connectivity index is 4.45. The lowest BCUT2D eigenvalue weighted by Crippen LogP contribution is -2.43. The molecule has 0 heterocycles. The highest BCUT2D eigenvalue weighted by molar-refractivity contribution is 6.76. The van der Waals surface area contributed by atoms with Gasteiger partial charge < -0.3 is 4.43 Å². The van der Waals surface area contributed by atoms with Crippen LogP contribution in [0.15, 0.2) is 0 Å². The molecular weight excluding hydrogens is 176 g/mol. The Hall–Kier alpha value is 0.177. The van der Waals surface area contributed by atoms with Crippen molar-refractivity contribution in [1.82, 2.24) is 0 Å². The minimum atomic E-state index is -1.45. The highest BCUT2D eigenvalue weighted by Crippen LogP contribution is 2.37. The Morgan fingerprint density at radius 1 is 1.08 bits per heavy atom. The van der Waals surface area contributed by atoms with Crippen LogP contribution in [-0.2, 0) is 4.43 Å². The van der Waals surface area contributed by atoms with E-state index in [0.29, 0.717) is 0 Å². The van der Waals surface area contributed by atoms with E-state index in [0.717, 1.165) is 11.1 Å². The normalized spacial score (nSPS) is 12.9. The van der Waals surface area contributed by atoms with Gasteiger partial charge >= 0.3 is 0 Å². The fourth-order valence-corrected chi connectivity index (χ4v) is 6.81. The van der Waals surface area contributed by atoms with Crippen molar-refractivity contribution in [3.05, 3.63) is 0 Å². The van der Waals surface area contributed by atoms with Crippen LogP contribution < -0.4 is 0 Å². The van der Waals surface area contributed by atoms with Gasteiger partial charge in [-0.3, -0.25) is 0 Å². The fourth-order valence-electron chi connectivity index (χ4n) is 2.27. The maximum Gasteiger partial charge on any atom is 0.197 e. The molecule has 0 N–H and O–H groups in total. The highest BCUT2D eigenvalue weighted by Gasteiger charge is 2.39. The van der Waals surface area contributed by atoms with Crippen LogP contribution in [0.25, 0.3) is 0 Å². The number of hydrogen-bond donors (Lipinski definition) is 0. The van der Waals surface area contributed by atoms with Gasteiger partial charge in [-0.05, 0) is 17.1 Å². The highest BCUT2D eigenvalue weighted by atomic mass is 28.4. The van der Waals surface area contributed by atoms with E-state index in [-0.39, 0.29) is 0 Å². The second kappa shape index (κ2) is 5.81. The molecule has 0 saturated heterocycles. The summed E-state index contributed by atoms with van der Waals surface area (Å²) in [5.74, 6) is 0. The lowest BCUT2D eigenvalue weighted by molar-refractivity contribution is 0.368. The van der Waals surface area contributed by atoms with E-state index < -0.39 is 8.32 Å². The van der Waals surface area contributed by atoms with E-state index >= 15 is 0 Å².